The number of halogens is 1. The van der Waals surface area contributed by atoms with Crippen molar-refractivity contribution in [3.8, 4) is 28.5 Å². The molecule has 0 aliphatic rings. The first kappa shape index (κ1) is 27.1. The molecule has 1 unspecified atom stereocenters. The van der Waals surface area contributed by atoms with Crippen LogP contribution >= 0.6 is 12.4 Å². The summed E-state index contributed by atoms with van der Waals surface area (Å²) in [6.45, 7) is -0.157. The second-order valence-corrected chi connectivity index (χ2v) is 9.45. The van der Waals surface area contributed by atoms with E-state index in [1.54, 1.807) is 38.7 Å². The fraction of sp³-hybridized carbons (Fsp3) is 0.261. The molecule has 0 fully saturated rings. The molecule has 0 spiro atoms. The van der Waals surface area contributed by atoms with Crippen LogP contribution in [0, 0.1) is 0 Å². The van der Waals surface area contributed by atoms with Crippen LogP contribution in [0.5, 0.6) is 17.2 Å². The summed E-state index contributed by atoms with van der Waals surface area (Å²) in [4.78, 5) is 13.2. The van der Waals surface area contributed by atoms with Gasteiger partial charge in [-0.2, -0.15) is 8.42 Å². The van der Waals surface area contributed by atoms with Gasteiger partial charge in [0.15, 0.2) is 11.5 Å². The van der Waals surface area contributed by atoms with Gasteiger partial charge in [0.1, 0.15) is 18.2 Å². The molecule has 0 radical (unpaired) electrons. The van der Waals surface area contributed by atoms with Gasteiger partial charge in [-0.3, -0.25) is 14.2 Å². The molecule has 3 aromatic heterocycles. The Kier molecular flexibility index (Phi) is 8.35. The van der Waals surface area contributed by atoms with Gasteiger partial charge in [0.2, 0.25) is 0 Å². The van der Waals surface area contributed by atoms with Crippen LogP contribution in [-0.2, 0) is 14.3 Å². The molecule has 0 saturated carbocycles. The summed E-state index contributed by atoms with van der Waals surface area (Å²) >= 11 is 0. The van der Waals surface area contributed by atoms with E-state index < -0.39 is 16.2 Å². The highest BCUT2D eigenvalue weighted by molar-refractivity contribution is 7.85. The first-order chi connectivity index (χ1) is 16.7. The molecular formula is C23H26ClN5O6S. The largest absolute Gasteiger partial charge is 0.493 e. The smallest absolute Gasteiger partial charge is 0.264 e. The number of aromatic nitrogens is 3. The highest BCUT2D eigenvalue weighted by atomic mass is 35.5. The van der Waals surface area contributed by atoms with Crippen LogP contribution in [0.25, 0.3) is 32.9 Å². The van der Waals surface area contributed by atoms with Gasteiger partial charge in [-0.25, -0.2) is 4.98 Å². The number of anilines is 1. The van der Waals surface area contributed by atoms with Crippen molar-refractivity contribution >= 4 is 50.0 Å². The number of pyridine rings is 3. The van der Waals surface area contributed by atoms with Gasteiger partial charge in [-0.1, -0.05) is 0 Å². The molecule has 3 heterocycles. The van der Waals surface area contributed by atoms with Crippen molar-refractivity contribution in [1.82, 2.24) is 15.0 Å². The molecule has 192 valence electrons. The van der Waals surface area contributed by atoms with Crippen molar-refractivity contribution in [2.45, 2.75) is 6.04 Å². The van der Waals surface area contributed by atoms with E-state index in [-0.39, 0.29) is 25.6 Å². The molecule has 0 saturated heterocycles. The summed E-state index contributed by atoms with van der Waals surface area (Å²) in [7, 11) is -0.441. The molecule has 0 bridgehead atoms. The van der Waals surface area contributed by atoms with E-state index in [2.05, 4.69) is 15.0 Å². The standard InChI is InChI=1S/C23H25N5O6S.ClH/c1-31-21-6-17-16-5-19(28-23(25)18(16)10-27-20(17)7-22(21)32-2)13-4-15(9-26-8-13)33-11-14(24)12-34-35(3,29)30;/h4-10,14H,11-12,24H2,1-3H3,(H2,25,28);1H. The van der Waals surface area contributed by atoms with Crippen molar-refractivity contribution < 1.29 is 26.8 Å². The van der Waals surface area contributed by atoms with Gasteiger partial charge in [0, 0.05) is 34.8 Å². The second kappa shape index (κ2) is 11.1. The van der Waals surface area contributed by atoms with Crippen molar-refractivity contribution in [3.05, 3.63) is 42.9 Å². The van der Waals surface area contributed by atoms with Crippen molar-refractivity contribution in [3.63, 3.8) is 0 Å². The van der Waals surface area contributed by atoms with Gasteiger partial charge >= 0.3 is 0 Å². The fourth-order valence-electron chi connectivity index (χ4n) is 3.51. The van der Waals surface area contributed by atoms with E-state index in [1.807, 2.05) is 12.1 Å². The Morgan fingerprint density at radius 3 is 2.36 bits per heavy atom. The normalized spacial score (nSPS) is 12.2. The van der Waals surface area contributed by atoms with Crippen molar-refractivity contribution in [1.29, 1.82) is 0 Å². The number of nitrogens with two attached hydrogens (primary N) is 2. The molecule has 36 heavy (non-hydrogen) atoms. The maximum absolute atomic E-state index is 11.1. The quantitative estimate of drug-likeness (QED) is 0.239. The summed E-state index contributed by atoms with van der Waals surface area (Å²) in [5.41, 5.74) is 14.1. The van der Waals surface area contributed by atoms with E-state index in [4.69, 9.17) is 29.9 Å². The molecule has 11 nitrogen and oxygen atoms in total. The predicted octanol–water partition coefficient (Wildman–Crippen LogP) is 2.55. The third-order valence-electron chi connectivity index (χ3n) is 5.18. The summed E-state index contributed by atoms with van der Waals surface area (Å²) < 4.78 is 43.5. The third-order valence-corrected chi connectivity index (χ3v) is 5.75. The highest BCUT2D eigenvalue weighted by Gasteiger charge is 2.14. The summed E-state index contributed by atoms with van der Waals surface area (Å²) in [5.74, 6) is 1.89. The van der Waals surface area contributed by atoms with Gasteiger partial charge in [0.05, 0.1) is 50.5 Å². The first-order valence-electron chi connectivity index (χ1n) is 10.5. The van der Waals surface area contributed by atoms with Gasteiger partial charge < -0.3 is 25.7 Å². The summed E-state index contributed by atoms with van der Waals surface area (Å²) in [6, 6.07) is 6.65. The molecule has 1 atom stereocenters. The topological polar surface area (TPSA) is 162 Å². The molecule has 13 heteroatoms. The van der Waals surface area contributed by atoms with E-state index in [1.165, 1.54) is 6.20 Å². The Morgan fingerprint density at radius 2 is 1.67 bits per heavy atom. The Morgan fingerprint density at radius 1 is 0.944 bits per heavy atom. The lowest BCUT2D eigenvalue weighted by Gasteiger charge is -2.14. The average molecular weight is 536 g/mol. The van der Waals surface area contributed by atoms with Gasteiger partial charge in [-0.05, 0) is 23.6 Å². The average Bonchev–Trinajstić information content (AvgIpc) is 2.84. The minimum Gasteiger partial charge on any atom is -0.493 e. The van der Waals surface area contributed by atoms with E-state index in [9.17, 15) is 8.42 Å². The Balaban J connectivity index is 0.00000361. The molecule has 4 rings (SSSR count). The Labute approximate surface area is 214 Å². The monoisotopic (exact) mass is 535 g/mol. The number of fused-ring (bicyclic) bond motifs is 3. The molecule has 4 aromatic rings. The Bertz CT molecular complexity index is 1500. The maximum Gasteiger partial charge on any atom is 0.264 e. The minimum absolute atomic E-state index is 0. The van der Waals surface area contributed by atoms with Gasteiger partial charge in [0.25, 0.3) is 10.1 Å². The zero-order valence-corrected chi connectivity index (χ0v) is 21.4. The minimum atomic E-state index is -3.58. The predicted molar refractivity (Wildman–Crippen MR) is 139 cm³/mol. The van der Waals surface area contributed by atoms with E-state index in [0.29, 0.717) is 45.2 Å². The van der Waals surface area contributed by atoms with Crippen LogP contribution in [0.1, 0.15) is 0 Å². The number of hydrogen-bond acceptors (Lipinski definition) is 11. The number of rotatable bonds is 9. The molecule has 0 amide bonds. The highest BCUT2D eigenvalue weighted by Crippen LogP contribution is 2.37. The van der Waals surface area contributed by atoms with Crippen molar-refractivity contribution in [2.75, 3.05) is 39.4 Å². The lowest BCUT2D eigenvalue weighted by atomic mass is 10.0. The molecule has 0 aliphatic carbocycles. The number of ether oxygens (including phenoxy) is 3. The molecule has 0 aliphatic heterocycles. The zero-order valence-electron chi connectivity index (χ0n) is 19.8. The van der Waals surface area contributed by atoms with E-state index in [0.717, 1.165) is 17.0 Å². The third kappa shape index (κ3) is 6.02. The fourth-order valence-corrected chi connectivity index (χ4v) is 3.93. The number of benzene rings is 1. The second-order valence-electron chi connectivity index (χ2n) is 7.81. The number of nitrogens with zero attached hydrogens (tertiary/aromatic N) is 3. The molecular weight excluding hydrogens is 510 g/mol. The summed E-state index contributed by atoms with van der Waals surface area (Å²) in [5, 5.41) is 2.36. The van der Waals surface area contributed by atoms with Crippen LogP contribution in [0.2, 0.25) is 0 Å². The van der Waals surface area contributed by atoms with Crippen LogP contribution < -0.4 is 25.7 Å². The Hall–Kier alpha value is -3.45. The number of methoxy groups -OCH3 is 2. The number of nitrogen functional groups attached to an aromatic ring is 1. The van der Waals surface area contributed by atoms with Crippen molar-refractivity contribution in [2.24, 2.45) is 5.73 Å². The zero-order chi connectivity index (χ0) is 25.2. The summed E-state index contributed by atoms with van der Waals surface area (Å²) in [6.07, 6.45) is 5.80. The number of hydrogen-bond donors (Lipinski definition) is 2. The SMILES string of the molecule is COc1cc2ncc3c(N)nc(-c4cncc(OCC(N)COS(C)(=O)=O)c4)cc3c2cc1OC.Cl. The van der Waals surface area contributed by atoms with E-state index >= 15 is 0 Å². The maximum atomic E-state index is 11.1. The van der Waals surface area contributed by atoms with Crippen LogP contribution in [-0.4, -0.2) is 63.1 Å². The van der Waals surface area contributed by atoms with Crippen LogP contribution in [0.4, 0.5) is 5.82 Å². The van der Waals surface area contributed by atoms with Crippen LogP contribution in [0.3, 0.4) is 0 Å². The lowest BCUT2D eigenvalue weighted by molar-refractivity contribution is 0.224. The van der Waals surface area contributed by atoms with Crippen LogP contribution in [0.15, 0.2) is 42.9 Å². The molecule has 1 aromatic carbocycles. The van der Waals surface area contributed by atoms with Gasteiger partial charge in [-0.15, -0.1) is 12.4 Å². The first-order valence-corrected chi connectivity index (χ1v) is 12.3. The molecule has 4 N–H and O–H groups in total. The lowest BCUT2D eigenvalue weighted by Crippen LogP contribution is -2.33.